The quantitative estimate of drug-likeness (QED) is 0.762. The van der Waals surface area contributed by atoms with E-state index in [1.165, 1.54) is 12.8 Å². The minimum absolute atomic E-state index is 0.374. The van der Waals surface area contributed by atoms with Gasteiger partial charge in [-0.15, -0.1) is 0 Å². The molecule has 1 aliphatic rings. The average Bonchev–Trinajstić information content (AvgIpc) is 2.24. The summed E-state index contributed by atoms with van der Waals surface area (Å²) in [7, 11) is 0. The lowest BCUT2D eigenvalue weighted by molar-refractivity contribution is 0.0475. The van der Waals surface area contributed by atoms with E-state index in [-0.39, 0.29) is 0 Å². The largest absolute Gasteiger partial charge is 0.443 e. The van der Waals surface area contributed by atoms with Crippen LogP contribution in [0, 0.1) is 11.8 Å². The van der Waals surface area contributed by atoms with Crippen molar-refractivity contribution in [3.63, 3.8) is 0 Å². The van der Waals surface area contributed by atoms with Crippen molar-refractivity contribution >= 4 is 6.09 Å². The Morgan fingerprint density at radius 3 is 2.50 bits per heavy atom. The summed E-state index contributed by atoms with van der Waals surface area (Å²) in [4.78, 5) is 11.5. The lowest BCUT2D eigenvalue weighted by Crippen LogP contribution is -2.48. The van der Waals surface area contributed by atoms with Gasteiger partial charge < -0.3 is 4.74 Å². The van der Waals surface area contributed by atoms with Gasteiger partial charge in [0.2, 0.25) is 0 Å². The number of amides is 1. The van der Waals surface area contributed by atoms with Crippen LogP contribution in [0.5, 0.6) is 0 Å². The predicted molar refractivity (Wildman–Crippen MR) is 73.1 cm³/mol. The fourth-order valence-electron chi connectivity index (χ4n) is 2.43. The summed E-state index contributed by atoms with van der Waals surface area (Å²) in [5.41, 5.74) is 5.32. The Morgan fingerprint density at radius 2 is 1.94 bits per heavy atom. The van der Waals surface area contributed by atoms with Gasteiger partial charge in [-0.05, 0) is 45.4 Å². The van der Waals surface area contributed by atoms with Crippen molar-refractivity contribution in [3.8, 4) is 0 Å². The van der Waals surface area contributed by atoms with Crippen LogP contribution in [0.3, 0.4) is 0 Å². The van der Waals surface area contributed by atoms with E-state index < -0.39 is 11.7 Å². The highest BCUT2D eigenvalue weighted by Crippen LogP contribution is 2.29. The van der Waals surface area contributed by atoms with E-state index in [0.717, 1.165) is 24.7 Å². The molecule has 0 aliphatic heterocycles. The van der Waals surface area contributed by atoms with Gasteiger partial charge in [0.1, 0.15) is 5.60 Å². The van der Waals surface area contributed by atoms with Crippen LogP contribution in [0.15, 0.2) is 0 Å². The Bertz CT molecular complexity index is 271. The third-order valence-corrected chi connectivity index (χ3v) is 3.43. The molecule has 1 rings (SSSR count). The molecule has 0 aromatic heterocycles. The molecule has 18 heavy (non-hydrogen) atoms. The van der Waals surface area contributed by atoms with Crippen LogP contribution in [0.25, 0.3) is 0 Å². The molecule has 1 fully saturated rings. The smallest absolute Gasteiger partial charge is 0.422 e. The van der Waals surface area contributed by atoms with Crippen molar-refractivity contribution in [1.82, 2.24) is 10.9 Å². The molecule has 2 atom stereocenters. The number of rotatable bonds is 3. The Kier molecular flexibility index (Phi) is 5.45. The lowest BCUT2D eigenvalue weighted by Gasteiger charge is -2.32. The molecule has 1 amide bonds. The van der Waals surface area contributed by atoms with Crippen molar-refractivity contribution in [2.45, 2.75) is 71.9 Å². The van der Waals surface area contributed by atoms with Crippen LogP contribution < -0.4 is 10.9 Å². The number of hydrazine groups is 1. The molecule has 1 aliphatic carbocycles. The molecular formula is C14H28N2O2. The molecule has 0 bridgehead atoms. The van der Waals surface area contributed by atoms with Gasteiger partial charge in [0.05, 0.1) is 0 Å². The monoisotopic (exact) mass is 256 g/mol. The molecule has 2 unspecified atom stereocenters. The van der Waals surface area contributed by atoms with Gasteiger partial charge in [-0.2, -0.15) is 0 Å². The molecule has 0 heterocycles. The van der Waals surface area contributed by atoms with E-state index in [2.05, 4.69) is 24.7 Å². The number of nitrogens with one attached hydrogen (secondary N) is 2. The van der Waals surface area contributed by atoms with E-state index in [4.69, 9.17) is 4.74 Å². The van der Waals surface area contributed by atoms with E-state index in [0.29, 0.717) is 6.04 Å². The van der Waals surface area contributed by atoms with Gasteiger partial charge in [-0.25, -0.2) is 10.2 Å². The fourth-order valence-corrected chi connectivity index (χ4v) is 2.43. The number of ether oxygens (including phenoxy) is 1. The second kappa shape index (κ2) is 6.41. The maximum atomic E-state index is 11.5. The highest BCUT2D eigenvalue weighted by atomic mass is 16.6. The average molecular weight is 256 g/mol. The first-order valence-electron chi connectivity index (χ1n) is 7.02. The topological polar surface area (TPSA) is 50.4 Å². The first-order valence-corrected chi connectivity index (χ1v) is 7.02. The number of carbonyl (C=O) groups excluding carboxylic acids is 1. The third-order valence-electron chi connectivity index (χ3n) is 3.43. The predicted octanol–water partition coefficient (Wildman–Crippen LogP) is 3.23. The highest BCUT2D eigenvalue weighted by molar-refractivity contribution is 5.67. The summed E-state index contributed by atoms with van der Waals surface area (Å²) in [5.74, 6) is 1.48. The summed E-state index contributed by atoms with van der Waals surface area (Å²) in [5, 5.41) is 0. The maximum Gasteiger partial charge on any atom is 0.422 e. The molecule has 4 heteroatoms. The van der Waals surface area contributed by atoms with Crippen LogP contribution in [-0.4, -0.2) is 17.7 Å². The van der Waals surface area contributed by atoms with Crippen LogP contribution in [0.1, 0.15) is 60.3 Å². The maximum absolute atomic E-state index is 11.5. The van der Waals surface area contributed by atoms with Crippen molar-refractivity contribution in [2.75, 3.05) is 0 Å². The van der Waals surface area contributed by atoms with Gasteiger partial charge >= 0.3 is 6.09 Å². The summed E-state index contributed by atoms with van der Waals surface area (Å²) in [6.45, 7) is 10.1. The zero-order valence-electron chi connectivity index (χ0n) is 12.4. The summed E-state index contributed by atoms with van der Waals surface area (Å²) in [6.07, 6.45) is 4.40. The number of hydrogen-bond acceptors (Lipinski definition) is 3. The third kappa shape index (κ3) is 5.71. The van der Waals surface area contributed by atoms with Crippen LogP contribution >= 0.6 is 0 Å². The molecule has 106 valence electrons. The van der Waals surface area contributed by atoms with Crippen molar-refractivity contribution in [2.24, 2.45) is 11.8 Å². The molecule has 0 spiro atoms. The molecule has 4 nitrogen and oxygen atoms in total. The first-order chi connectivity index (χ1) is 8.28. The highest BCUT2D eigenvalue weighted by Gasteiger charge is 2.24. The van der Waals surface area contributed by atoms with Gasteiger partial charge in [-0.3, -0.25) is 5.43 Å². The number of carbonyl (C=O) groups is 1. The SMILES string of the molecule is CC(C)C1CCCC(NNC(=O)OC(C)(C)C)C1. The first kappa shape index (κ1) is 15.3. The van der Waals surface area contributed by atoms with Crippen molar-refractivity contribution < 1.29 is 9.53 Å². The molecule has 1 saturated carbocycles. The molecule has 0 radical (unpaired) electrons. The number of hydrogen-bond donors (Lipinski definition) is 2. The minimum atomic E-state index is -0.446. The van der Waals surface area contributed by atoms with Crippen molar-refractivity contribution in [3.05, 3.63) is 0 Å². The van der Waals surface area contributed by atoms with E-state index >= 15 is 0 Å². The summed E-state index contributed by atoms with van der Waals surface area (Å²) in [6, 6.07) is 0.374. The van der Waals surface area contributed by atoms with Crippen LogP contribution in [0.4, 0.5) is 4.79 Å². The Balaban J connectivity index is 2.28. The normalized spacial score (nSPS) is 25.0. The molecular weight excluding hydrogens is 228 g/mol. The van der Waals surface area contributed by atoms with Crippen LogP contribution in [-0.2, 0) is 4.74 Å². The standard InChI is InChI=1S/C14H28N2O2/c1-10(2)11-7-6-8-12(9-11)15-16-13(17)18-14(3,4)5/h10-12,15H,6-9H2,1-5H3,(H,16,17). The molecule has 2 N–H and O–H groups in total. The van der Waals surface area contributed by atoms with Gasteiger partial charge in [0, 0.05) is 6.04 Å². The molecule has 0 aromatic rings. The summed E-state index contributed by atoms with van der Waals surface area (Å²) < 4.78 is 5.19. The Morgan fingerprint density at radius 1 is 1.28 bits per heavy atom. The second-order valence-corrected chi connectivity index (χ2v) is 6.64. The molecule has 0 aromatic carbocycles. The molecule has 0 saturated heterocycles. The van der Waals surface area contributed by atoms with Crippen LogP contribution in [0.2, 0.25) is 0 Å². The van der Waals surface area contributed by atoms with E-state index in [9.17, 15) is 4.79 Å². The van der Waals surface area contributed by atoms with E-state index in [1.54, 1.807) is 0 Å². The zero-order valence-corrected chi connectivity index (χ0v) is 12.4. The van der Waals surface area contributed by atoms with Gasteiger partial charge in [0.15, 0.2) is 0 Å². The van der Waals surface area contributed by atoms with Gasteiger partial charge in [0.25, 0.3) is 0 Å². The Labute approximate surface area is 111 Å². The summed E-state index contributed by atoms with van der Waals surface area (Å²) >= 11 is 0. The van der Waals surface area contributed by atoms with Crippen molar-refractivity contribution in [1.29, 1.82) is 0 Å². The minimum Gasteiger partial charge on any atom is -0.443 e. The zero-order chi connectivity index (χ0) is 13.8. The second-order valence-electron chi connectivity index (χ2n) is 6.64. The fraction of sp³-hybridized carbons (Fsp3) is 0.929. The van der Waals surface area contributed by atoms with E-state index in [1.807, 2.05) is 20.8 Å². The lowest BCUT2D eigenvalue weighted by atomic mass is 9.79. The Hall–Kier alpha value is -0.770. The van der Waals surface area contributed by atoms with Gasteiger partial charge in [-0.1, -0.05) is 26.7 Å².